The standard InChI is InChI=1S/C12H21ClN2O2/c13-8-12(17)14-7-6-11(16)15-9-10-4-2-1-3-5-10/h10H,1-9H2,(H,14,17)(H,15,16). The van der Waals surface area contributed by atoms with Gasteiger partial charge in [0.25, 0.3) is 0 Å². The van der Waals surface area contributed by atoms with E-state index in [2.05, 4.69) is 10.6 Å². The van der Waals surface area contributed by atoms with Crippen LogP contribution in [0.4, 0.5) is 0 Å². The van der Waals surface area contributed by atoms with E-state index in [1.54, 1.807) is 0 Å². The van der Waals surface area contributed by atoms with Crippen molar-refractivity contribution in [3.05, 3.63) is 0 Å². The van der Waals surface area contributed by atoms with Crippen molar-refractivity contribution in [2.24, 2.45) is 5.92 Å². The van der Waals surface area contributed by atoms with E-state index in [4.69, 9.17) is 11.6 Å². The molecule has 1 aliphatic rings. The van der Waals surface area contributed by atoms with E-state index in [0.717, 1.165) is 6.54 Å². The lowest BCUT2D eigenvalue weighted by atomic mass is 9.89. The van der Waals surface area contributed by atoms with Crippen molar-refractivity contribution >= 4 is 23.4 Å². The molecule has 0 aromatic heterocycles. The smallest absolute Gasteiger partial charge is 0.234 e. The first-order chi connectivity index (χ1) is 8.22. The molecule has 0 aromatic rings. The van der Waals surface area contributed by atoms with Crippen LogP contribution in [-0.4, -0.2) is 30.8 Å². The van der Waals surface area contributed by atoms with E-state index >= 15 is 0 Å². The van der Waals surface area contributed by atoms with Crippen LogP contribution in [0.25, 0.3) is 0 Å². The first-order valence-corrected chi connectivity index (χ1v) is 6.85. The molecule has 0 atom stereocenters. The lowest BCUT2D eigenvalue weighted by Crippen LogP contribution is -2.34. The first kappa shape index (κ1) is 14.3. The van der Waals surface area contributed by atoms with Crippen LogP contribution in [0.2, 0.25) is 0 Å². The van der Waals surface area contributed by atoms with E-state index in [0.29, 0.717) is 18.9 Å². The molecule has 1 aliphatic carbocycles. The van der Waals surface area contributed by atoms with Gasteiger partial charge in [0.05, 0.1) is 0 Å². The van der Waals surface area contributed by atoms with Gasteiger partial charge < -0.3 is 10.6 Å². The molecular formula is C12H21ClN2O2. The zero-order valence-electron chi connectivity index (χ0n) is 10.1. The molecule has 4 nitrogen and oxygen atoms in total. The van der Waals surface area contributed by atoms with Crippen LogP contribution in [0, 0.1) is 5.92 Å². The van der Waals surface area contributed by atoms with Gasteiger partial charge in [0.15, 0.2) is 0 Å². The lowest BCUT2D eigenvalue weighted by molar-refractivity contribution is -0.121. The summed E-state index contributed by atoms with van der Waals surface area (Å²) >= 11 is 5.32. The molecule has 1 rings (SSSR count). The average Bonchev–Trinajstić information content (AvgIpc) is 2.37. The first-order valence-electron chi connectivity index (χ1n) is 6.31. The minimum absolute atomic E-state index is 0.00504. The van der Waals surface area contributed by atoms with E-state index in [9.17, 15) is 9.59 Å². The molecule has 17 heavy (non-hydrogen) atoms. The number of hydrogen-bond donors (Lipinski definition) is 2. The Balaban J connectivity index is 2.02. The summed E-state index contributed by atoms with van der Waals surface area (Å²) in [7, 11) is 0. The fourth-order valence-corrected chi connectivity index (χ4v) is 2.20. The van der Waals surface area contributed by atoms with Crippen LogP contribution >= 0.6 is 11.6 Å². The highest BCUT2D eigenvalue weighted by atomic mass is 35.5. The van der Waals surface area contributed by atoms with Gasteiger partial charge in [0.2, 0.25) is 11.8 Å². The number of nitrogens with one attached hydrogen (secondary N) is 2. The predicted octanol–water partition coefficient (Wildman–Crippen LogP) is 1.43. The van der Waals surface area contributed by atoms with E-state index in [-0.39, 0.29) is 17.7 Å². The Morgan fingerprint density at radius 1 is 1.06 bits per heavy atom. The molecule has 2 N–H and O–H groups in total. The van der Waals surface area contributed by atoms with Crippen LogP contribution in [0.3, 0.4) is 0 Å². The van der Waals surface area contributed by atoms with Gasteiger partial charge in [-0.25, -0.2) is 0 Å². The van der Waals surface area contributed by atoms with Gasteiger partial charge in [-0.3, -0.25) is 9.59 Å². The topological polar surface area (TPSA) is 58.2 Å². The molecule has 0 aromatic carbocycles. The third kappa shape index (κ3) is 6.51. The fraction of sp³-hybridized carbons (Fsp3) is 0.833. The summed E-state index contributed by atoms with van der Waals surface area (Å²) in [5, 5.41) is 5.49. The summed E-state index contributed by atoms with van der Waals surface area (Å²) in [5.74, 6) is 0.367. The minimum atomic E-state index is -0.230. The number of rotatable bonds is 6. The van der Waals surface area contributed by atoms with Gasteiger partial charge in [0, 0.05) is 19.5 Å². The Morgan fingerprint density at radius 3 is 2.41 bits per heavy atom. The van der Waals surface area contributed by atoms with Crippen LogP contribution in [0.1, 0.15) is 38.5 Å². The zero-order valence-corrected chi connectivity index (χ0v) is 10.9. The Kier molecular flexibility index (Phi) is 7.01. The van der Waals surface area contributed by atoms with Gasteiger partial charge in [0.1, 0.15) is 5.88 Å². The highest BCUT2D eigenvalue weighted by Crippen LogP contribution is 2.22. The molecule has 0 aliphatic heterocycles. The molecule has 0 unspecified atom stereocenters. The average molecular weight is 261 g/mol. The third-order valence-corrected chi connectivity index (χ3v) is 3.35. The van der Waals surface area contributed by atoms with Crippen LogP contribution in [-0.2, 0) is 9.59 Å². The van der Waals surface area contributed by atoms with Crippen molar-refractivity contribution in [3.8, 4) is 0 Å². The summed E-state index contributed by atoms with van der Waals surface area (Å²) in [5.41, 5.74) is 0. The molecule has 1 saturated carbocycles. The SMILES string of the molecule is O=C(CCl)NCCC(=O)NCC1CCCCC1. The van der Waals surface area contributed by atoms with Crippen molar-refractivity contribution in [1.82, 2.24) is 10.6 Å². The van der Waals surface area contributed by atoms with E-state index in [1.165, 1.54) is 32.1 Å². The van der Waals surface area contributed by atoms with Crippen LogP contribution < -0.4 is 10.6 Å². The maximum absolute atomic E-state index is 11.5. The second-order valence-corrected chi connectivity index (χ2v) is 4.81. The zero-order chi connectivity index (χ0) is 12.5. The number of hydrogen-bond acceptors (Lipinski definition) is 2. The van der Waals surface area contributed by atoms with Gasteiger partial charge >= 0.3 is 0 Å². The summed E-state index contributed by atoms with van der Waals surface area (Å²) in [6.07, 6.45) is 6.68. The Bertz CT molecular complexity index is 253. The Labute approximate surface area is 107 Å². The quantitative estimate of drug-likeness (QED) is 0.710. The summed E-state index contributed by atoms with van der Waals surface area (Å²) in [6.45, 7) is 1.14. The molecule has 2 amide bonds. The summed E-state index contributed by atoms with van der Waals surface area (Å²) in [6, 6.07) is 0. The van der Waals surface area contributed by atoms with E-state index in [1.807, 2.05) is 0 Å². The maximum atomic E-state index is 11.5. The number of carbonyl (C=O) groups excluding carboxylic acids is 2. The maximum Gasteiger partial charge on any atom is 0.234 e. The van der Waals surface area contributed by atoms with Crippen molar-refractivity contribution in [1.29, 1.82) is 0 Å². The molecule has 0 spiro atoms. The third-order valence-electron chi connectivity index (χ3n) is 3.11. The molecule has 0 radical (unpaired) electrons. The highest BCUT2D eigenvalue weighted by Gasteiger charge is 2.14. The number of amides is 2. The molecule has 1 fully saturated rings. The number of halogens is 1. The Hall–Kier alpha value is -0.770. The van der Waals surface area contributed by atoms with Gasteiger partial charge in [-0.1, -0.05) is 19.3 Å². The minimum Gasteiger partial charge on any atom is -0.356 e. The fourth-order valence-electron chi connectivity index (χ4n) is 2.10. The second kappa shape index (κ2) is 8.34. The molecule has 0 saturated heterocycles. The van der Waals surface area contributed by atoms with Crippen LogP contribution in [0.15, 0.2) is 0 Å². The molecule has 98 valence electrons. The van der Waals surface area contributed by atoms with Crippen molar-refractivity contribution in [2.75, 3.05) is 19.0 Å². The summed E-state index contributed by atoms with van der Waals surface area (Å²) < 4.78 is 0. The number of carbonyl (C=O) groups is 2. The molecular weight excluding hydrogens is 240 g/mol. The normalized spacial score (nSPS) is 16.5. The predicted molar refractivity (Wildman–Crippen MR) is 67.9 cm³/mol. The Morgan fingerprint density at radius 2 is 1.76 bits per heavy atom. The van der Waals surface area contributed by atoms with Crippen molar-refractivity contribution in [2.45, 2.75) is 38.5 Å². The molecule has 5 heteroatoms. The second-order valence-electron chi connectivity index (χ2n) is 4.54. The van der Waals surface area contributed by atoms with Gasteiger partial charge in [-0.15, -0.1) is 11.6 Å². The van der Waals surface area contributed by atoms with Gasteiger partial charge in [-0.05, 0) is 18.8 Å². The number of alkyl halides is 1. The monoisotopic (exact) mass is 260 g/mol. The summed E-state index contributed by atoms with van der Waals surface area (Å²) in [4.78, 5) is 22.3. The van der Waals surface area contributed by atoms with E-state index < -0.39 is 0 Å². The van der Waals surface area contributed by atoms with Gasteiger partial charge in [-0.2, -0.15) is 0 Å². The van der Waals surface area contributed by atoms with Crippen LogP contribution in [0.5, 0.6) is 0 Å². The molecule has 0 bridgehead atoms. The molecule has 0 heterocycles. The highest BCUT2D eigenvalue weighted by molar-refractivity contribution is 6.27. The largest absolute Gasteiger partial charge is 0.356 e. The van der Waals surface area contributed by atoms with Crippen molar-refractivity contribution < 1.29 is 9.59 Å². The lowest BCUT2D eigenvalue weighted by Gasteiger charge is -2.21. The van der Waals surface area contributed by atoms with Crippen molar-refractivity contribution in [3.63, 3.8) is 0 Å².